The van der Waals surface area contributed by atoms with Crippen LogP contribution in [-0.2, 0) is 16.1 Å². The maximum Gasteiger partial charge on any atom is 0.336 e. The van der Waals surface area contributed by atoms with Crippen molar-refractivity contribution in [2.24, 2.45) is 0 Å². The summed E-state index contributed by atoms with van der Waals surface area (Å²) < 4.78 is 10.6. The molecule has 2 aromatic carbocycles. The van der Waals surface area contributed by atoms with Gasteiger partial charge in [-0.2, -0.15) is 0 Å². The van der Waals surface area contributed by atoms with E-state index in [1.807, 2.05) is 19.9 Å². The smallest absolute Gasteiger partial charge is 0.336 e. The molecule has 0 aliphatic rings. The predicted molar refractivity (Wildman–Crippen MR) is 110 cm³/mol. The molecule has 0 bridgehead atoms. The summed E-state index contributed by atoms with van der Waals surface area (Å²) >= 11 is 5.81. The molecule has 29 heavy (non-hydrogen) atoms. The summed E-state index contributed by atoms with van der Waals surface area (Å²) in [4.78, 5) is 36.4. The van der Waals surface area contributed by atoms with Crippen molar-refractivity contribution in [1.29, 1.82) is 0 Å². The lowest BCUT2D eigenvalue weighted by molar-refractivity contribution is -0.146. The summed E-state index contributed by atoms with van der Waals surface area (Å²) in [7, 11) is 0. The molecule has 0 unspecified atom stereocenters. The number of halogens is 1. The van der Waals surface area contributed by atoms with Crippen molar-refractivity contribution in [2.75, 3.05) is 0 Å². The Kier molecular flexibility index (Phi) is 6.03. The normalized spacial score (nSPS) is 11.9. The molecule has 1 N–H and O–H groups in total. The molecule has 0 fully saturated rings. The third-order valence-corrected chi connectivity index (χ3v) is 4.87. The van der Waals surface area contributed by atoms with Gasteiger partial charge >= 0.3 is 11.6 Å². The van der Waals surface area contributed by atoms with E-state index in [1.54, 1.807) is 30.3 Å². The van der Waals surface area contributed by atoms with Gasteiger partial charge in [0.15, 0.2) is 0 Å². The van der Waals surface area contributed by atoms with E-state index >= 15 is 0 Å². The average Bonchev–Trinajstić information content (AvgIpc) is 2.67. The van der Waals surface area contributed by atoms with E-state index in [9.17, 15) is 14.4 Å². The highest BCUT2D eigenvalue weighted by atomic mass is 35.5. The van der Waals surface area contributed by atoms with Crippen LogP contribution in [0, 0.1) is 13.8 Å². The van der Waals surface area contributed by atoms with Crippen LogP contribution in [0.4, 0.5) is 0 Å². The Morgan fingerprint density at radius 3 is 2.45 bits per heavy atom. The van der Waals surface area contributed by atoms with Crippen molar-refractivity contribution in [3.8, 4) is 0 Å². The number of fused-ring (bicyclic) bond motifs is 1. The number of rotatable bonds is 5. The van der Waals surface area contributed by atoms with Crippen molar-refractivity contribution < 1.29 is 18.7 Å². The molecule has 0 saturated carbocycles. The second kappa shape index (κ2) is 8.49. The first-order chi connectivity index (χ1) is 13.7. The first-order valence-electron chi connectivity index (χ1n) is 9.01. The Bertz CT molecular complexity index is 1130. The SMILES string of the molecule is Cc1cc2oc(=O)cc(COC(=O)[C@H](C)NC(=O)c3ccc(Cl)cc3)c2cc1C. The number of carbonyl (C=O) groups excluding carboxylic acids is 2. The van der Waals surface area contributed by atoms with Crippen molar-refractivity contribution >= 4 is 34.4 Å². The van der Waals surface area contributed by atoms with Crippen molar-refractivity contribution in [1.82, 2.24) is 5.32 Å². The van der Waals surface area contributed by atoms with Crippen molar-refractivity contribution in [2.45, 2.75) is 33.4 Å². The number of ether oxygens (including phenoxy) is 1. The van der Waals surface area contributed by atoms with Crippen LogP contribution in [0.25, 0.3) is 11.0 Å². The van der Waals surface area contributed by atoms with E-state index in [4.69, 9.17) is 20.8 Å². The van der Waals surface area contributed by atoms with Gasteiger partial charge in [0.2, 0.25) is 0 Å². The van der Waals surface area contributed by atoms with Crippen molar-refractivity contribution in [3.05, 3.63) is 80.2 Å². The molecule has 7 heteroatoms. The Morgan fingerprint density at radius 1 is 1.10 bits per heavy atom. The maximum atomic E-state index is 12.3. The van der Waals surface area contributed by atoms with Gasteiger partial charge in [0.1, 0.15) is 18.2 Å². The standard InChI is InChI=1S/C22H20ClNO5/c1-12-8-18-16(10-20(25)29-19(18)9-13(12)2)11-28-22(27)14(3)24-21(26)15-4-6-17(23)7-5-15/h4-10,14H,11H2,1-3H3,(H,24,26)/t14-/m0/s1. The van der Waals surface area contributed by atoms with Crippen molar-refractivity contribution in [3.63, 3.8) is 0 Å². The third kappa shape index (κ3) is 4.84. The van der Waals surface area contributed by atoms with E-state index in [-0.39, 0.29) is 6.61 Å². The van der Waals surface area contributed by atoms with Gasteiger partial charge in [-0.15, -0.1) is 0 Å². The molecule has 0 radical (unpaired) electrons. The van der Waals surface area contributed by atoms with E-state index < -0.39 is 23.5 Å². The van der Waals surface area contributed by atoms with Crippen LogP contribution in [-0.4, -0.2) is 17.9 Å². The summed E-state index contributed by atoms with van der Waals surface area (Å²) in [6.45, 7) is 5.29. The number of carbonyl (C=O) groups is 2. The van der Waals surface area contributed by atoms with Gasteiger partial charge in [-0.1, -0.05) is 11.6 Å². The fraction of sp³-hybridized carbons (Fsp3) is 0.227. The molecule has 3 aromatic rings. The minimum atomic E-state index is -0.867. The zero-order valence-corrected chi connectivity index (χ0v) is 17.0. The predicted octanol–water partition coefficient (Wildman–Crippen LogP) is 3.92. The molecule has 1 atom stereocenters. The zero-order valence-electron chi connectivity index (χ0n) is 16.2. The largest absolute Gasteiger partial charge is 0.459 e. The molecule has 0 spiro atoms. The van der Waals surface area contributed by atoms with Gasteiger partial charge in [0.05, 0.1) is 0 Å². The molecule has 0 aliphatic carbocycles. The number of benzene rings is 2. The molecule has 1 amide bonds. The van der Waals surface area contributed by atoms with E-state index in [2.05, 4.69) is 5.32 Å². The Morgan fingerprint density at radius 2 is 1.76 bits per heavy atom. The van der Waals surface area contributed by atoms with Gasteiger partial charge in [0.25, 0.3) is 5.91 Å². The second-order valence-electron chi connectivity index (χ2n) is 6.83. The van der Waals surface area contributed by atoms with Crippen LogP contribution in [0.15, 0.2) is 51.7 Å². The molecule has 3 rings (SSSR count). The molecule has 6 nitrogen and oxygen atoms in total. The number of hydrogen-bond donors (Lipinski definition) is 1. The minimum Gasteiger partial charge on any atom is -0.459 e. The van der Waals surface area contributed by atoms with Gasteiger partial charge in [-0.3, -0.25) is 4.79 Å². The number of hydrogen-bond acceptors (Lipinski definition) is 5. The average molecular weight is 414 g/mol. The summed E-state index contributed by atoms with van der Waals surface area (Å²) in [5.74, 6) is -1.03. The lowest BCUT2D eigenvalue weighted by atomic mass is 10.0. The first-order valence-corrected chi connectivity index (χ1v) is 9.39. The van der Waals surface area contributed by atoms with Crippen LogP contribution in [0.5, 0.6) is 0 Å². The van der Waals surface area contributed by atoms with Crippen LogP contribution < -0.4 is 10.9 Å². The monoisotopic (exact) mass is 413 g/mol. The number of amides is 1. The quantitative estimate of drug-likeness (QED) is 0.506. The van der Waals surface area contributed by atoms with Crippen LogP contribution in [0.1, 0.15) is 34.0 Å². The molecule has 0 saturated heterocycles. The van der Waals surface area contributed by atoms with E-state index in [1.165, 1.54) is 13.0 Å². The molecular formula is C22H20ClNO5. The summed E-state index contributed by atoms with van der Waals surface area (Å²) in [5, 5.41) is 3.80. The highest BCUT2D eigenvalue weighted by Gasteiger charge is 2.19. The highest BCUT2D eigenvalue weighted by Crippen LogP contribution is 2.22. The molecular weight excluding hydrogens is 394 g/mol. The van der Waals surface area contributed by atoms with E-state index in [0.29, 0.717) is 27.1 Å². The molecule has 1 heterocycles. The summed E-state index contributed by atoms with van der Waals surface area (Å²) in [6.07, 6.45) is 0. The highest BCUT2D eigenvalue weighted by molar-refractivity contribution is 6.30. The molecule has 1 aromatic heterocycles. The Hall–Kier alpha value is -3.12. The number of aryl methyl sites for hydroxylation is 2. The first kappa shape index (κ1) is 20.6. The van der Waals surface area contributed by atoms with Gasteiger partial charge in [-0.25, -0.2) is 9.59 Å². The van der Waals surface area contributed by atoms with Crippen LogP contribution in [0.2, 0.25) is 5.02 Å². The third-order valence-electron chi connectivity index (χ3n) is 4.62. The Balaban J connectivity index is 1.70. The van der Waals surface area contributed by atoms with E-state index in [0.717, 1.165) is 11.1 Å². The molecule has 150 valence electrons. The van der Waals surface area contributed by atoms with Gasteiger partial charge in [0, 0.05) is 27.6 Å². The Labute approximate surface area is 172 Å². The number of esters is 1. The fourth-order valence-electron chi connectivity index (χ4n) is 2.82. The lowest BCUT2D eigenvalue weighted by Crippen LogP contribution is -2.39. The lowest BCUT2D eigenvalue weighted by Gasteiger charge is -2.14. The van der Waals surface area contributed by atoms with Gasteiger partial charge in [-0.05, 0) is 68.3 Å². The fourth-order valence-corrected chi connectivity index (χ4v) is 2.94. The number of nitrogens with one attached hydrogen (secondary N) is 1. The second-order valence-corrected chi connectivity index (χ2v) is 7.27. The summed E-state index contributed by atoms with van der Waals surface area (Å²) in [6, 6.07) is 10.4. The van der Waals surface area contributed by atoms with Crippen LogP contribution >= 0.6 is 11.6 Å². The minimum absolute atomic E-state index is 0.107. The summed E-state index contributed by atoms with van der Waals surface area (Å²) in [5.41, 5.74) is 2.87. The topological polar surface area (TPSA) is 85.6 Å². The zero-order chi connectivity index (χ0) is 21.1. The molecule has 0 aliphatic heterocycles. The maximum absolute atomic E-state index is 12.3. The van der Waals surface area contributed by atoms with Crippen LogP contribution in [0.3, 0.4) is 0 Å². The van der Waals surface area contributed by atoms with Gasteiger partial charge < -0.3 is 14.5 Å².